The van der Waals surface area contributed by atoms with Crippen molar-refractivity contribution in [1.29, 1.82) is 0 Å². The van der Waals surface area contributed by atoms with E-state index >= 15 is 0 Å². The Balaban J connectivity index is 1.54. The van der Waals surface area contributed by atoms with Crippen LogP contribution in [0.5, 0.6) is 0 Å². The molecule has 0 spiro atoms. The Morgan fingerprint density at radius 1 is 1.08 bits per heavy atom. The molecule has 1 N–H and O–H groups in total. The number of carbonyl (C=O) groups excluding carboxylic acids is 1. The first-order valence-corrected chi connectivity index (χ1v) is 9.47. The maximum absolute atomic E-state index is 12.9. The summed E-state index contributed by atoms with van der Waals surface area (Å²) in [5.74, 6) is -0.0335. The van der Waals surface area contributed by atoms with Crippen molar-refractivity contribution in [3.05, 3.63) is 35.9 Å². The average Bonchev–Trinajstić information content (AvgIpc) is 2.67. The SMILES string of the molecule is O=C(OCCCN1CCCCC1)C1(c2ccccc2)CCNCC1. The van der Waals surface area contributed by atoms with Gasteiger partial charge in [0, 0.05) is 6.54 Å². The molecule has 4 heteroatoms. The summed E-state index contributed by atoms with van der Waals surface area (Å²) in [6.45, 7) is 5.74. The van der Waals surface area contributed by atoms with Crippen LogP contribution in [0, 0.1) is 0 Å². The molecular weight excluding hydrogens is 300 g/mol. The van der Waals surface area contributed by atoms with Crippen molar-refractivity contribution in [2.75, 3.05) is 39.3 Å². The molecule has 0 aromatic heterocycles. The van der Waals surface area contributed by atoms with Crippen LogP contribution < -0.4 is 5.32 Å². The molecule has 2 heterocycles. The van der Waals surface area contributed by atoms with Gasteiger partial charge in [-0.1, -0.05) is 36.8 Å². The van der Waals surface area contributed by atoms with Gasteiger partial charge in [-0.3, -0.25) is 4.79 Å². The zero-order chi connectivity index (χ0) is 16.7. The number of esters is 1. The second kappa shape index (κ2) is 8.63. The number of nitrogens with one attached hydrogen (secondary N) is 1. The van der Waals surface area contributed by atoms with Crippen LogP contribution in [0.15, 0.2) is 30.3 Å². The fourth-order valence-corrected chi connectivity index (χ4v) is 4.00. The van der Waals surface area contributed by atoms with E-state index in [1.165, 1.54) is 32.4 Å². The maximum Gasteiger partial charge on any atom is 0.316 e. The van der Waals surface area contributed by atoms with Crippen LogP contribution in [0.3, 0.4) is 0 Å². The van der Waals surface area contributed by atoms with Crippen LogP contribution >= 0.6 is 0 Å². The molecule has 2 saturated heterocycles. The summed E-state index contributed by atoms with van der Waals surface area (Å²) in [4.78, 5) is 15.4. The zero-order valence-corrected chi connectivity index (χ0v) is 14.6. The summed E-state index contributed by atoms with van der Waals surface area (Å²) in [5.41, 5.74) is 0.644. The van der Waals surface area contributed by atoms with Crippen molar-refractivity contribution in [3.8, 4) is 0 Å². The van der Waals surface area contributed by atoms with Gasteiger partial charge in [0.2, 0.25) is 0 Å². The van der Waals surface area contributed by atoms with Crippen molar-refractivity contribution < 1.29 is 9.53 Å². The summed E-state index contributed by atoms with van der Waals surface area (Å²) in [5, 5.41) is 3.36. The minimum absolute atomic E-state index is 0.0335. The molecule has 2 fully saturated rings. The highest BCUT2D eigenvalue weighted by Gasteiger charge is 2.42. The quantitative estimate of drug-likeness (QED) is 0.643. The molecule has 0 saturated carbocycles. The molecule has 132 valence electrons. The summed E-state index contributed by atoms with van der Waals surface area (Å²) >= 11 is 0. The zero-order valence-electron chi connectivity index (χ0n) is 14.6. The normalized spacial score (nSPS) is 21.3. The lowest BCUT2D eigenvalue weighted by Crippen LogP contribution is -2.46. The molecule has 1 aromatic rings. The molecule has 2 aliphatic heterocycles. The Labute approximate surface area is 145 Å². The van der Waals surface area contributed by atoms with E-state index in [2.05, 4.69) is 22.3 Å². The van der Waals surface area contributed by atoms with Gasteiger partial charge in [0.1, 0.15) is 0 Å². The number of nitrogens with zero attached hydrogens (tertiary/aromatic N) is 1. The predicted octanol–water partition coefficient (Wildman–Crippen LogP) is 2.73. The van der Waals surface area contributed by atoms with E-state index in [1.807, 2.05) is 18.2 Å². The van der Waals surface area contributed by atoms with Gasteiger partial charge < -0.3 is 15.0 Å². The van der Waals surface area contributed by atoms with Gasteiger partial charge >= 0.3 is 5.97 Å². The van der Waals surface area contributed by atoms with E-state index in [4.69, 9.17) is 4.74 Å². The molecule has 0 bridgehead atoms. The lowest BCUT2D eigenvalue weighted by atomic mass is 9.73. The van der Waals surface area contributed by atoms with Gasteiger partial charge in [0.15, 0.2) is 0 Å². The Bertz CT molecular complexity index is 506. The van der Waals surface area contributed by atoms with E-state index < -0.39 is 5.41 Å². The second-order valence-electron chi connectivity index (χ2n) is 7.09. The number of carbonyl (C=O) groups is 1. The third-order valence-corrected chi connectivity index (χ3v) is 5.47. The molecule has 0 unspecified atom stereocenters. The molecule has 4 nitrogen and oxygen atoms in total. The van der Waals surface area contributed by atoms with Crippen LogP contribution in [-0.2, 0) is 14.9 Å². The van der Waals surface area contributed by atoms with Crippen LogP contribution in [0.25, 0.3) is 0 Å². The van der Waals surface area contributed by atoms with E-state index in [0.29, 0.717) is 6.61 Å². The van der Waals surface area contributed by atoms with Crippen molar-refractivity contribution in [1.82, 2.24) is 10.2 Å². The van der Waals surface area contributed by atoms with Crippen molar-refractivity contribution in [2.24, 2.45) is 0 Å². The van der Waals surface area contributed by atoms with Crippen LogP contribution in [-0.4, -0.2) is 50.2 Å². The molecule has 0 radical (unpaired) electrons. The van der Waals surface area contributed by atoms with Crippen molar-refractivity contribution in [3.63, 3.8) is 0 Å². The van der Waals surface area contributed by atoms with E-state index in [1.54, 1.807) is 0 Å². The predicted molar refractivity (Wildman–Crippen MR) is 96.1 cm³/mol. The molecule has 0 atom stereocenters. The van der Waals surface area contributed by atoms with E-state index in [9.17, 15) is 4.79 Å². The number of rotatable bonds is 6. The third-order valence-electron chi connectivity index (χ3n) is 5.47. The first-order valence-electron chi connectivity index (χ1n) is 9.47. The summed E-state index contributed by atoms with van der Waals surface area (Å²) in [6.07, 6.45) is 6.56. The number of hydrogen-bond acceptors (Lipinski definition) is 4. The smallest absolute Gasteiger partial charge is 0.316 e. The lowest BCUT2D eigenvalue weighted by molar-refractivity contribution is -0.152. The molecule has 2 aliphatic rings. The maximum atomic E-state index is 12.9. The topological polar surface area (TPSA) is 41.6 Å². The number of piperidine rings is 2. The van der Waals surface area contributed by atoms with E-state index in [0.717, 1.165) is 44.5 Å². The highest BCUT2D eigenvalue weighted by Crippen LogP contribution is 2.34. The number of ether oxygens (including phenoxy) is 1. The Morgan fingerprint density at radius 3 is 2.50 bits per heavy atom. The summed E-state index contributed by atoms with van der Waals surface area (Å²) < 4.78 is 5.74. The highest BCUT2D eigenvalue weighted by molar-refractivity contribution is 5.83. The Morgan fingerprint density at radius 2 is 1.79 bits per heavy atom. The van der Waals surface area contributed by atoms with E-state index in [-0.39, 0.29) is 5.97 Å². The summed E-state index contributed by atoms with van der Waals surface area (Å²) in [6, 6.07) is 10.2. The standard InChI is InChI=1S/C20H30N2O2/c23-19(24-17-7-16-22-14-5-2-6-15-22)20(10-12-21-13-11-20)18-8-3-1-4-9-18/h1,3-4,8-9,21H,2,5-7,10-17H2. The fraction of sp³-hybridized carbons (Fsp3) is 0.650. The van der Waals surface area contributed by atoms with Crippen molar-refractivity contribution in [2.45, 2.75) is 43.9 Å². The summed E-state index contributed by atoms with van der Waals surface area (Å²) in [7, 11) is 0. The van der Waals surface area contributed by atoms with Crippen LogP contribution in [0.4, 0.5) is 0 Å². The number of hydrogen-bond donors (Lipinski definition) is 1. The van der Waals surface area contributed by atoms with Gasteiger partial charge in [-0.05, 0) is 63.8 Å². The van der Waals surface area contributed by atoms with Crippen LogP contribution in [0.1, 0.15) is 44.1 Å². The van der Waals surface area contributed by atoms with Crippen LogP contribution in [0.2, 0.25) is 0 Å². The van der Waals surface area contributed by atoms with Crippen molar-refractivity contribution >= 4 is 5.97 Å². The molecule has 24 heavy (non-hydrogen) atoms. The highest BCUT2D eigenvalue weighted by atomic mass is 16.5. The Kier molecular flexibility index (Phi) is 6.27. The number of likely N-dealkylation sites (tertiary alicyclic amines) is 1. The molecule has 0 aliphatic carbocycles. The molecule has 0 amide bonds. The monoisotopic (exact) mass is 330 g/mol. The Hall–Kier alpha value is -1.39. The first kappa shape index (κ1) is 17.4. The largest absolute Gasteiger partial charge is 0.465 e. The fourth-order valence-electron chi connectivity index (χ4n) is 4.00. The molecular formula is C20H30N2O2. The van der Waals surface area contributed by atoms with Gasteiger partial charge in [-0.2, -0.15) is 0 Å². The third kappa shape index (κ3) is 4.17. The van der Waals surface area contributed by atoms with Gasteiger partial charge in [-0.15, -0.1) is 0 Å². The lowest BCUT2D eigenvalue weighted by Gasteiger charge is -2.36. The molecule has 3 rings (SSSR count). The van der Waals surface area contributed by atoms with Gasteiger partial charge in [-0.25, -0.2) is 0 Å². The second-order valence-corrected chi connectivity index (χ2v) is 7.09. The first-order chi connectivity index (χ1) is 11.8. The minimum atomic E-state index is -0.461. The molecule has 1 aromatic carbocycles. The minimum Gasteiger partial charge on any atom is -0.465 e. The number of benzene rings is 1. The van der Waals surface area contributed by atoms with Gasteiger partial charge in [0.05, 0.1) is 12.0 Å². The van der Waals surface area contributed by atoms with Gasteiger partial charge in [0.25, 0.3) is 0 Å². The average molecular weight is 330 g/mol.